The molecule has 6 nitrogen and oxygen atoms in total. The zero-order chi connectivity index (χ0) is 9.28. The predicted octanol–water partition coefficient (Wildman–Crippen LogP) is 2.42. The first kappa shape index (κ1) is 18.0. The fourth-order valence-electron chi connectivity index (χ4n) is 0.0333. The monoisotopic (exact) mass is 220 g/mol. The SMILES string of the molecule is C.CO[P+](=O)OO.CO[P+](C)=O. The molecule has 0 aliphatic carbocycles. The first-order valence-corrected chi connectivity index (χ1v) is 5.08. The second kappa shape index (κ2) is 13.6. The van der Waals surface area contributed by atoms with E-state index >= 15 is 0 Å². The van der Waals surface area contributed by atoms with Gasteiger partial charge in [-0.1, -0.05) is 7.43 Å². The van der Waals surface area contributed by atoms with E-state index in [1.165, 1.54) is 13.8 Å². The molecule has 0 aliphatic rings. The van der Waals surface area contributed by atoms with Gasteiger partial charge in [0, 0.05) is 4.57 Å². The largest absolute Gasteiger partial charge is 0.728 e. The molecular formula is C4H14O6P2+2. The summed E-state index contributed by atoms with van der Waals surface area (Å²) in [6.45, 7) is 1.51. The van der Waals surface area contributed by atoms with Crippen molar-refractivity contribution >= 4 is 16.3 Å². The Balaban J connectivity index is -0.000000126. The number of rotatable bonds is 3. The van der Waals surface area contributed by atoms with E-state index in [4.69, 9.17) is 5.26 Å². The van der Waals surface area contributed by atoms with Crippen molar-refractivity contribution < 1.29 is 28.1 Å². The Labute approximate surface area is 73.6 Å². The van der Waals surface area contributed by atoms with E-state index in [-0.39, 0.29) is 7.43 Å². The van der Waals surface area contributed by atoms with Crippen molar-refractivity contribution in [2.24, 2.45) is 0 Å². The van der Waals surface area contributed by atoms with Gasteiger partial charge in [0.15, 0.2) is 6.66 Å². The van der Waals surface area contributed by atoms with E-state index in [1.807, 2.05) is 0 Å². The minimum Gasteiger partial charge on any atom is -0.202 e. The van der Waals surface area contributed by atoms with Crippen LogP contribution in [0, 0.1) is 0 Å². The average Bonchev–Trinajstić information content (AvgIpc) is 2.04. The van der Waals surface area contributed by atoms with Crippen LogP contribution in [0.4, 0.5) is 0 Å². The van der Waals surface area contributed by atoms with Crippen molar-refractivity contribution in [1.29, 1.82) is 0 Å². The van der Waals surface area contributed by atoms with E-state index in [2.05, 4.69) is 13.7 Å². The zero-order valence-corrected chi connectivity index (χ0v) is 8.17. The fraction of sp³-hybridized carbons (Fsp3) is 1.00. The Bertz CT molecular complexity index is 121. The molecule has 0 aromatic heterocycles. The molecule has 0 aromatic rings. The number of hydrogen-bond donors (Lipinski definition) is 1. The summed E-state index contributed by atoms with van der Waals surface area (Å²) < 4.78 is 30.8. The van der Waals surface area contributed by atoms with Gasteiger partial charge >= 0.3 is 16.3 Å². The fourth-order valence-corrected chi connectivity index (χ4v) is 0.100. The molecule has 0 fully saturated rings. The molecule has 2 atom stereocenters. The van der Waals surface area contributed by atoms with Crippen molar-refractivity contribution in [2.45, 2.75) is 7.43 Å². The van der Waals surface area contributed by atoms with Crippen LogP contribution >= 0.6 is 16.3 Å². The van der Waals surface area contributed by atoms with Crippen molar-refractivity contribution in [3.05, 3.63) is 0 Å². The van der Waals surface area contributed by atoms with Gasteiger partial charge in [-0.25, -0.2) is 5.26 Å². The van der Waals surface area contributed by atoms with Crippen LogP contribution in [0.15, 0.2) is 0 Å². The second-order valence-corrected chi connectivity index (χ2v) is 3.33. The van der Waals surface area contributed by atoms with Crippen LogP contribution in [0.3, 0.4) is 0 Å². The van der Waals surface area contributed by atoms with Gasteiger partial charge in [0.1, 0.15) is 0 Å². The van der Waals surface area contributed by atoms with E-state index in [0.29, 0.717) is 0 Å². The zero-order valence-electron chi connectivity index (χ0n) is 6.38. The smallest absolute Gasteiger partial charge is 0.202 e. The summed E-state index contributed by atoms with van der Waals surface area (Å²) >= 11 is 0. The molecule has 8 heteroatoms. The van der Waals surface area contributed by atoms with Gasteiger partial charge in [-0.2, -0.15) is 0 Å². The third-order valence-corrected chi connectivity index (χ3v) is 1.42. The topological polar surface area (TPSA) is 82.1 Å². The van der Waals surface area contributed by atoms with Gasteiger partial charge in [-0.05, 0) is 4.57 Å². The summed E-state index contributed by atoms with van der Waals surface area (Å²) in [5.74, 6) is 0. The van der Waals surface area contributed by atoms with Crippen LogP contribution in [0.25, 0.3) is 0 Å². The molecule has 0 saturated heterocycles. The van der Waals surface area contributed by atoms with Gasteiger partial charge in [0.05, 0.1) is 18.9 Å². The molecular weight excluding hydrogens is 206 g/mol. The third kappa shape index (κ3) is 22.5. The molecule has 74 valence electrons. The van der Waals surface area contributed by atoms with Crippen LogP contribution in [0.2, 0.25) is 0 Å². The maximum absolute atomic E-state index is 9.74. The van der Waals surface area contributed by atoms with E-state index in [1.54, 1.807) is 0 Å². The van der Waals surface area contributed by atoms with E-state index in [9.17, 15) is 9.13 Å². The molecule has 0 radical (unpaired) electrons. The van der Waals surface area contributed by atoms with Gasteiger partial charge < -0.3 is 0 Å². The summed E-state index contributed by atoms with van der Waals surface area (Å²) in [6, 6.07) is 0. The van der Waals surface area contributed by atoms with Gasteiger partial charge in [0.25, 0.3) is 0 Å². The summed E-state index contributed by atoms with van der Waals surface area (Å²) in [4.78, 5) is 0. The summed E-state index contributed by atoms with van der Waals surface area (Å²) in [7, 11) is -1.04. The Morgan fingerprint density at radius 3 is 1.50 bits per heavy atom. The Kier molecular flexibility index (Phi) is 20.4. The standard InChI is InChI=1S/C2H6O2P.CH3O4P.CH4/c1-4-5(2)3;1-4-6(3)5-2;/h1-2H3;1H3;1H4/q+1;;/p+1. The molecule has 0 saturated carbocycles. The minimum absolute atomic E-state index is 0. The van der Waals surface area contributed by atoms with E-state index in [0.717, 1.165) is 7.11 Å². The van der Waals surface area contributed by atoms with Gasteiger partial charge in [-0.15, -0.1) is 9.05 Å². The molecule has 1 N–H and O–H groups in total. The predicted molar refractivity (Wildman–Crippen MR) is 45.6 cm³/mol. The molecule has 2 unspecified atom stereocenters. The Morgan fingerprint density at radius 2 is 1.50 bits per heavy atom. The highest BCUT2D eigenvalue weighted by atomic mass is 31.1. The molecule has 0 rings (SSSR count). The van der Waals surface area contributed by atoms with Crippen molar-refractivity contribution in [2.75, 3.05) is 20.9 Å². The Hall–Kier alpha value is 0.0400. The highest BCUT2D eigenvalue weighted by Gasteiger charge is 2.14. The minimum atomic E-state index is -2.27. The van der Waals surface area contributed by atoms with Crippen molar-refractivity contribution in [1.82, 2.24) is 0 Å². The first-order valence-electron chi connectivity index (χ1n) is 2.36. The molecule has 0 spiro atoms. The van der Waals surface area contributed by atoms with E-state index < -0.39 is 16.3 Å². The summed E-state index contributed by atoms with van der Waals surface area (Å²) in [5, 5.41) is 7.43. The lowest BCUT2D eigenvalue weighted by Crippen LogP contribution is -1.67. The molecule has 0 aliphatic heterocycles. The quantitative estimate of drug-likeness (QED) is 0.446. The Morgan fingerprint density at radius 1 is 1.17 bits per heavy atom. The summed E-state index contributed by atoms with van der Waals surface area (Å²) in [5.41, 5.74) is 0. The summed E-state index contributed by atoms with van der Waals surface area (Å²) in [6.07, 6.45) is 0. The van der Waals surface area contributed by atoms with Crippen molar-refractivity contribution in [3.8, 4) is 0 Å². The molecule has 0 aromatic carbocycles. The first-order chi connectivity index (χ1) is 5.08. The second-order valence-electron chi connectivity index (χ2n) is 1.11. The normalized spacial score (nSPS) is 10.3. The van der Waals surface area contributed by atoms with Gasteiger partial charge in [-0.3, -0.25) is 0 Å². The van der Waals surface area contributed by atoms with Crippen LogP contribution in [-0.4, -0.2) is 26.1 Å². The van der Waals surface area contributed by atoms with Crippen LogP contribution in [-0.2, 0) is 22.9 Å². The highest BCUT2D eigenvalue weighted by molar-refractivity contribution is 7.38. The van der Waals surface area contributed by atoms with Crippen LogP contribution in [0.1, 0.15) is 7.43 Å². The number of hydrogen-bond acceptors (Lipinski definition) is 6. The van der Waals surface area contributed by atoms with Crippen molar-refractivity contribution in [3.63, 3.8) is 0 Å². The molecule has 0 bridgehead atoms. The lowest BCUT2D eigenvalue weighted by Gasteiger charge is -1.64. The molecule has 0 heterocycles. The molecule has 0 amide bonds. The third-order valence-electron chi connectivity index (χ3n) is 0.473. The van der Waals surface area contributed by atoms with Crippen LogP contribution in [0.5, 0.6) is 0 Å². The van der Waals surface area contributed by atoms with Crippen LogP contribution < -0.4 is 0 Å². The van der Waals surface area contributed by atoms with Gasteiger partial charge in [0.2, 0.25) is 0 Å². The lowest BCUT2D eigenvalue weighted by molar-refractivity contribution is -0.140. The maximum atomic E-state index is 9.74. The maximum Gasteiger partial charge on any atom is 0.728 e. The highest BCUT2D eigenvalue weighted by Crippen LogP contribution is 2.18. The molecule has 12 heavy (non-hydrogen) atoms. The lowest BCUT2D eigenvalue weighted by atomic mass is 11.8. The average molecular weight is 220 g/mol.